The van der Waals surface area contributed by atoms with Crippen LogP contribution in [0.2, 0.25) is 0 Å². The highest BCUT2D eigenvalue weighted by molar-refractivity contribution is 7.87. The fourth-order valence-electron chi connectivity index (χ4n) is 9.01. The molecule has 0 spiro atoms. The lowest BCUT2D eigenvalue weighted by molar-refractivity contribution is 0.261. The predicted molar refractivity (Wildman–Crippen MR) is 347 cm³/mol. The van der Waals surface area contributed by atoms with E-state index in [9.17, 15) is 82.6 Å². The van der Waals surface area contributed by atoms with Crippen LogP contribution in [0, 0.1) is 27.7 Å². The minimum Gasteiger partial charge on any atom is -0.494 e. The van der Waals surface area contributed by atoms with E-state index in [1.165, 1.54) is 87.0 Å². The van der Waals surface area contributed by atoms with Gasteiger partial charge in [-0.25, -0.2) is 4.79 Å². The van der Waals surface area contributed by atoms with Crippen LogP contribution in [0.25, 0.3) is 21.5 Å². The number of fused-ring (bicyclic) bond motifs is 2. The van der Waals surface area contributed by atoms with Gasteiger partial charge in [-0.2, -0.15) is 81.2 Å². The molecule has 2 amide bonds. The summed E-state index contributed by atoms with van der Waals surface area (Å²) in [5.74, 6) is -1.15. The first-order chi connectivity index (χ1) is 44.8. The summed E-state index contributed by atoms with van der Waals surface area (Å²) in [6.07, 6.45) is -0.390. The molecule has 0 aromatic heterocycles. The van der Waals surface area contributed by atoms with Crippen molar-refractivity contribution in [3.63, 3.8) is 0 Å². The van der Waals surface area contributed by atoms with Crippen LogP contribution in [-0.2, 0) is 60.7 Å². The number of rotatable bonds is 26. The molecule has 0 radical (unpaired) electrons. The molecule has 0 fully saturated rings. The Labute approximate surface area is 548 Å². The molecule has 508 valence electrons. The molecule has 8 N–H and O–H groups in total. The Morgan fingerprint density at radius 1 is 0.385 bits per heavy atom. The van der Waals surface area contributed by atoms with Crippen molar-refractivity contribution < 1.29 is 102 Å². The Hall–Kier alpha value is -9.39. The number of hydrogen-bond acceptors (Lipinski definition) is 25. The van der Waals surface area contributed by atoms with Crippen LogP contribution in [0.5, 0.6) is 23.0 Å². The van der Waals surface area contributed by atoms with E-state index in [-0.39, 0.29) is 127 Å². The maximum Gasteiger partial charge on any atom is 0.323 e. The first kappa shape index (κ1) is 72.4. The lowest BCUT2D eigenvalue weighted by atomic mass is 10.1. The number of amides is 2. The normalized spacial score (nSPS) is 12.8. The number of azo groups is 4. The summed E-state index contributed by atoms with van der Waals surface area (Å²) in [6, 6.07) is 21.9. The highest BCUT2D eigenvalue weighted by Gasteiger charge is 2.24. The molecule has 8 aromatic rings. The van der Waals surface area contributed by atoms with E-state index in [2.05, 4.69) is 51.5 Å². The number of aryl methyl sites for hydroxylation is 4. The molecule has 8 aromatic carbocycles. The molecule has 33 nitrogen and oxygen atoms in total. The van der Waals surface area contributed by atoms with Crippen LogP contribution >= 0.6 is 0 Å². The third-order valence-corrected chi connectivity index (χ3v) is 18.7. The van der Waals surface area contributed by atoms with Crippen LogP contribution in [0.3, 0.4) is 0 Å². The van der Waals surface area contributed by atoms with Crippen molar-refractivity contribution >= 4 is 145 Å². The van der Waals surface area contributed by atoms with Crippen LogP contribution in [0.1, 0.15) is 35.1 Å². The van der Waals surface area contributed by atoms with Crippen molar-refractivity contribution in [3.05, 3.63) is 131 Å². The molecule has 0 aliphatic carbocycles. The third kappa shape index (κ3) is 19.0. The molecular weight excluding hydrogens is 1390 g/mol. The second-order valence-corrected chi connectivity index (χ2v) is 29.6. The Kier molecular flexibility index (Phi) is 21.8. The number of benzene rings is 8. The van der Waals surface area contributed by atoms with Gasteiger partial charge in [0.25, 0.3) is 60.7 Å². The summed E-state index contributed by atoms with van der Waals surface area (Å²) in [5.41, 5.74) is 3.21. The second kappa shape index (κ2) is 28.9. The van der Waals surface area contributed by atoms with Crippen molar-refractivity contribution in [1.82, 2.24) is 0 Å². The number of carbonyl (C=O) groups is 1. The largest absolute Gasteiger partial charge is 0.494 e. The van der Waals surface area contributed by atoms with Gasteiger partial charge in [0.2, 0.25) is 0 Å². The Balaban J connectivity index is 1.04. The van der Waals surface area contributed by atoms with E-state index in [0.29, 0.717) is 34.4 Å². The van der Waals surface area contributed by atoms with Gasteiger partial charge in [0, 0.05) is 35.0 Å². The maximum atomic E-state index is 14.0. The van der Waals surface area contributed by atoms with Gasteiger partial charge in [-0.15, -0.1) is 10.2 Å². The minimum atomic E-state index is -5.00. The van der Waals surface area contributed by atoms with Gasteiger partial charge in [-0.1, -0.05) is 12.1 Å². The zero-order valence-electron chi connectivity index (χ0n) is 50.8. The quantitative estimate of drug-likeness (QED) is 0.0142. The summed E-state index contributed by atoms with van der Waals surface area (Å²) in [5, 5.41) is 39.6. The molecule has 0 bridgehead atoms. The number of ether oxygens (including phenoxy) is 4. The molecule has 0 aliphatic rings. The standard InChI is InChI=1S/C57H56N10O23S6/c1-31-17-47(53(89-13-7-15-91(69,70)71)29-45(31)64-66-49-19-33(3)43(27-51(49)87-5)62-60-37-11-9-35-21-39(93(75,76)77)25-55(41(35)23-37)95(81,82)83)58-57(68)59-48-18-32(2)46(30-54(48)90-14-8-16-92(72,73)74)65-67-50-20-34(4)44(28-52(50)88-6)63-61-38-12-10-36-22-40(94(78,79)80)26-56(42(36)24-38)96(84,85)86/h9-12,17-30H,7-8,13-16H2,1-6H3,(H2,58,59,68)(H,69,70,71)(H,72,73,74)(H,75,76,77)(H,78,79,80)(H,81,82,83)(H,84,85,86). The zero-order chi connectivity index (χ0) is 70.5. The molecule has 8 rings (SSSR count). The second-order valence-electron chi connectivity index (χ2n) is 20.8. The van der Waals surface area contributed by atoms with E-state index < -0.39 is 97.8 Å². The predicted octanol–water partition coefficient (Wildman–Crippen LogP) is 12.8. The average molecular weight is 1440 g/mol. The van der Waals surface area contributed by atoms with E-state index in [0.717, 1.165) is 12.1 Å². The lowest BCUT2D eigenvalue weighted by Gasteiger charge is -2.17. The minimum absolute atomic E-state index is 0.0269. The van der Waals surface area contributed by atoms with Crippen LogP contribution in [0.4, 0.5) is 61.7 Å². The van der Waals surface area contributed by atoms with Gasteiger partial charge in [-0.05, 0) is 146 Å². The first-order valence-corrected chi connectivity index (χ1v) is 36.4. The van der Waals surface area contributed by atoms with Crippen molar-refractivity contribution in [2.75, 3.05) is 49.6 Å². The molecule has 0 saturated carbocycles. The number of hydrogen-bond donors (Lipinski definition) is 8. The maximum absolute atomic E-state index is 14.0. The topological polar surface area (TPSA) is 503 Å². The number of nitrogens with zero attached hydrogens (tertiary/aromatic N) is 8. The van der Waals surface area contributed by atoms with Gasteiger partial charge in [0.05, 0.1) is 94.2 Å². The molecule has 0 heterocycles. The molecule has 0 atom stereocenters. The number of methoxy groups -OCH3 is 2. The van der Waals surface area contributed by atoms with Crippen LogP contribution in [0.15, 0.2) is 170 Å². The Morgan fingerprint density at radius 2 is 0.708 bits per heavy atom. The highest BCUT2D eigenvalue weighted by atomic mass is 32.2. The molecule has 0 saturated heterocycles. The lowest BCUT2D eigenvalue weighted by Crippen LogP contribution is -2.21. The van der Waals surface area contributed by atoms with Crippen molar-refractivity contribution in [2.24, 2.45) is 40.9 Å². The molecular formula is C57H56N10O23S6. The van der Waals surface area contributed by atoms with Gasteiger partial charge < -0.3 is 29.6 Å². The number of carbonyl (C=O) groups excluding carboxylic acids is 1. The van der Waals surface area contributed by atoms with Crippen molar-refractivity contribution in [1.29, 1.82) is 0 Å². The SMILES string of the molecule is COc1cc(N=Nc2ccc3cc(S(=O)(=O)O)cc(S(=O)(=O)O)c3c2)c(C)cc1N=Nc1cc(OCCCS(=O)(=O)O)c(NC(=O)Nc2cc(C)c(N=Nc3cc(C)c(N=Nc4ccc5cc(S(=O)(=O)O)cc(S(=O)(=O)O)c5c4)cc3OC)cc2OCCCS(=O)(=O)O)cc1C. The average Bonchev–Trinajstić information content (AvgIpc) is 0.785. The van der Waals surface area contributed by atoms with E-state index in [4.69, 9.17) is 18.9 Å². The van der Waals surface area contributed by atoms with E-state index in [1.807, 2.05) is 0 Å². The van der Waals surface area contributed by atoms with Crippen molar-refractivity contribution in [2.45, 2.75) is 60.1 Å². The number of nitrogens with one attached hydrogen (secondary N) is 2. The summed E-state index contributed by atoms with van der Waals surface area (Å²) >= 11 is 0. The third-order valence-electron chi connectivity index (χ3n) is 13.7. The zero-order valence-corrected chi connectivity index (χ0v) is 55.7. The van der Waals surface area contributed by atoms with E-state index in [1.54, 1.807) is 39.8 Å². The highest BCUT2D eigenvalue weighted by Crippen LogP contribution is 2.42. The van der Waals surface area contributed by atoms with Crippen molar-refractivity contribution in [3.8, 4) is 23.0 Å². The van der Waals surface area contributed by atoms with Gasteiger partial charge in [0.15, 0.2) is 0 Å². The molecule has 39 heteroatoms. The molecule has 96 heavy (non-hydrogen) atoms. The van der Waals surface area contributed by atoms with Gasteiger partial charge >= 0.3 is 6.03 Å². The number of urea groups is 1. The molecule has 0 unspecified atom stereocenters. The van der Waals surface area contributed by atoms with Gasteiger partial charge in [-0.3, -0.25) is 27.3 Å². The monoisotopic (exact) mass is 1440 g/mol. The molecule has 0 aliphatic heterocycles. The smallest absolute Gasteiger partial charge is 0.323 e. The summed E-state index contributed by atoms with van der Waals surface area (Å²) < 4.78 is 223. The first-order valence-electron chi connectivity index (χ1n) is 27.4. The number of anilines is 2. The fraction of sp³-hybridized carbons (Fsp3) is 0.211. The Morgan fingerprint density at radius 3 is 1.03 bits per heavy atom. The summed E-state index contributed by atoms with van der Waals surface area (Å²) in [4.78, 5) is 10.9. The Bertz CT molecular complexity index is 4980. The van der Waals surface area contributed by atoms with Crippen LogP contribution in [-0.4, -0.2) is 123 Å². The summed E-state index contributed by atoms with van der Waals surface area (Å²) in [7, 11) is -25.8. The van der Waals surface area contributed by atoms with Gasteiger partial charge in [0.1, 0.15) is 44.2 Å². The van der Waals surface area contributed by atoms with Crippen LogP contribution < -0.4 is 29.6 Å². The van der Waals surface area contributed by atoms with E-state index >= 15 is 0 Å². The fourth-order valence-corrected chi connectivity index (χ4v) is 12.7. The summed E-state index contributed by atoms with van der Waals surface area (Å²) in [6.45, 7) is 5.96.